The number of anilines is 1. The zero-order valence-electron chi connectivity index (χ0n) is 9.19. The third kappa shape index (κ3) is 3.02. The van der Waals surface area contributed by atoms with Crippen LogP contribution in [-0.2, 0) is 0 Å². The Morgan fingerprint density at radius 3 is 2.20 bits per heavy atom. The van der Waals surface area contributed by atoms with Crippen LogP contribution in [0.2, 0.25) is 0 Å². The molecule has 1 aromatic carbocycles. The standard InChI is InChI=1S/C9H9N3S.C2H6/c1-6-2-4-7(5-3-6)8-11-9(10)12-13-8;1-2/h2-5H,1H3,(H2,10,12);1-2H3. The summed E-state index contributed by atoms with van der Waals surface area (Å²) in [5.41, 5.74) is 7.74. The summed E-state index contributed by atoms with van der Waals surface area (Å²) in [7, 11) is 0. The van der Waals surface area contributed by atoms with Gasteiger partial charge in [0, 0.05) is 5.56 Å². The Hall–Kier alpha value is -1.42. The number of aromatic nitrogens is 2. The summed E-state index contributed by atoms with van der Waals surface area (Å²) in [5, 5.41) is 0.873. The topological polar surface area (TPSA) is 51.8 Å². The van der Waals surface area contributed by atoms with Crippen LogP contribution in [0.15, 0.2) is 24.3 Å². The monoisotopic (exact) mass is 221 g/mol. The number of hydrogen-bond acceptors (Lipinski definition) is 4. The highest BCUT2D eigenvalue weighted by Crippen LogP contribution is 2.21. The lowest BCUT2D eigenvalue weighted by atomic mass is 10.2. The van der Waals surface area contributed by atoms with Crippen LogP contribution < -0.4 is 5.73 Å². The van der Waals surface area contributed by atoms with Crippen molar-refractivity contribution in [2.24, 2.45) is 0 Å². The highest BCUT2D eigenvalue weighted by atomic mass is 32.1. The molecule has 1 aromatic heterocycles. The summed E-state index contributed by atoms with van der Waals surface area (Å²) < 4.78 is 3.92. The van der Waals surface area contributed by atoms with Crippen molar-refractivity contribution in [3.05, 3.63) is 29.8 Å². The van der Waals surface area contributed by atoms with Gasteiger partial charge in [0.05, 0.1) is 0 Å². The number of nitrogen functional groups attached to an aromatic ring is 1. The van der Waals surface area contributed by atoms with Crippen molar-refractivity contribution < 1.29 is 0 Å². The van der Waals surface area contributed by atoms with Gasteiger partial charge in [-0.05, 0) is 18.5 Å². The maximum atomic E-state index is 5.43. The fourth-order valence-corrected chi connectivity index (χ4v) is 1.64. The van der Waals surface area contributed by atoms with Crippen molar-refractivity contribution in [1.29, 1.82) is 0 Å². The van der Waals surface area contributed by atoms with E-state index in [9.17, 15) is 0 Å². The van der Waals surface area contributed by atoms with Crippen LogP contribution in [0.3, 0.4) is 0 Å². The van der Waals surface area contributed by atoms with Gasteiger partial charge in [-0.15, -0.1) is 0 Å². The largest absolute Gasteiger partial charge is 0.367 e. The molecule has 0 radical (unpaired) electrons. The molecule has 0 bridgehead atoms. The third-order valence-electron chi connectivity index (χ3n) is 1.74. The average Bonchev–Trinajstić information content (AvgIpc) is 2.69. The van der Waals surface area contributed by atoms with Crippen LogP contribution in [0.5, 0.6) is 0 Å². The maximum absolute atomic E-state index is 5.43. The Balaban J connectivity index is 0.000000531. The zero-order chi connectivity index (χ0) is 11.3. The van der Waals surface area contributed by atoms with Crippen molar-refractivity contribution in [1.82, 2.24) is 9.36 Å². The van der Waals surface area contributed by atoms with Crippen LogP contribution in [0.25, 0.3) is 10.6 Å². The summed E-state index contributed by atoms with van der Waals surface area (Å²) >= 11 is 1.32. The number of nitrogens with two attached hydrogens (primary N) is 1. The summed E-state index contributed by atoms with van der Waals surface area (Å²) in [5.74, 6) is 0.348. The first-order valence-corrected chi connectivity index (χ1v) is 5.69. The van der Waals surface area contributed by atoms with Gasteiger partial charge in [-0.2, -0.15) is 9.36 Å². The molecular formula is C11H15N3S. The van der Waals surface area contributed by atoms with E-state index in [2.05, 4.69) is 16.3 Å². The van der Waals surface area contributed by atoms with E-state index in [0.717, 1.165) is 10.6 Å². The number of benzene rings is 1. The molecule has 0 atom stereocenters. The molecule has 15 heavy (non-hydrogen) atoms. The van der Waals surface area contributed by atoms with Crippen LogP contribution in [0.1, 0.15) is 19.4 Å². The van der Waals surface area contributed by atoms with E-state index in [-0.39, 0.29) is 0 Å². The van der Waals surface area contributed by atoms with E-state index in [1.807, 2.05) is 38.1 Å². The Morgan fingerprint density at radius 2 is 1.73 bits per heavy atom. The average molecular weight is 221 g/mol. The minimum Gasteiger partial charge on any atom is -0.367 e. The van der Waals surface area contributed by atoms with Gasteiger partial charge in [0.25, 0.3) is 0 Å². The van der Waals surface area contributed by atoms with Crippen LogP contribution in [-0.4, -0.2) is 9.36 Å². The van der Waals surface area contributed by atoms with Crippen molar-refractivity contribution in [2.45, 2.75) is 20.8 Å². The summed E-state index contributed by atoms with van der Waals surface area (Å²) in [4.78, 5) is 4.10. The third-order valence-corrected chi connectivity index (χ3v) is 2.52. The van der Waals surface area contributed by atoms with Crippen molar-refractivity contribution in [2.75, 3.05) is 5.73 Å². The lowest BCUT2D eigenvalue weighted by Gasteiger charge is -1.94. The van der Waals surface area contributed by atoms with Gasteiger partial charge in [-0.25, -0.2) is 0 Å². The highest BCUT2D eigenvalue weighted by Gasteiger charge is 2.02. The summed E-state index contributed by atoms with van der Waals surface area (Å²) in [6.45, 7) is 6.05. The molecule has 2 aromatic rings. The second-order valence-electron chi connectivity index (χ2n) is 2.82. The second-order valence-corrected chi connectivity index (χ2v) is 3.58. The molecular weight excluding hydrogens is 206 g/mol. The van der Waals surface area contributed by atoms with Gasteiger partial charge >= 0.3 is 0 Å². The first-order valence-electron chi connectivity index (χ1n) is 4.92. The smallest absolute Gasteiger partial charge is 0.232 e. The molecule has 0 aliphatic carbocycles. The summed E-state index contributed by atoms with van der Waals surface area (Å²) in [6.07, 6.45) is 0. The van der Waals surface area contributed by atoms with E-state index in [0.29, 0.717) is 5.95 Å². The maximum Gasteiger partial charge on any atom is 0.232 e. The Morgan fingerprint density at radius 1 is 1.13 bits per heavy atom. The van der Waals surface area contributed by atoms with Crippen molar-refractivity contribution in [3.63, 3.8) is 0 Å². The molecule has 2 N–H and O–H groups in total. The molecule has 2 rings (SSSR count). The minimum absolute atomic E-state index is 0.348. The van der Waals surface area contributed by atoms with E-state index in [1.165, 1.54) is 17.1 Å². The van der Waals surface area contributed by atoms with Gasteiger partial charge < -0.3 is 5.73 Å². The zero-order valence-corrected chi connectivity index (χ0v) is 10.0. The predicted octanol–water partition coefficient (Wildman–Crippen LogP) is 3.12. The molecule has 0 spiro atoms. The van der Waals surface area contributed by atoms with E-state index in [1.54, 1.807) is 0 Å². The predicted molar refractivity (Wildman–Crippen MR) is 65.8 cm³/mol. The molecule has 0 saturated heterocycles. The Labute approximate surface area is 94.1 Å². The number of rotatable bonds is 1. The van der Waals surface area contributed by atoms with Crippen LogP contribution in [0.4, 0.5) is 5.95 Å². The molecule has 3 nitrogen and oxygen atoms in total. The first kappa shape index (κ1) is 11.7. The molecule has 0 fully saturated rings. The van der Waals surface area contributed by atoms with E-state index < -0.39 is 0 Å². The fraction of sp³-hybridized carbons (Fsp3) is 0.273. The van der Waals surface area contributed by atoms with Crippen LogP contribution >= 0.6 is 11.5 Å². The molecule has 4 heteroatoms. The van der Waals surface area contributed by atoms with Gasteiger partial charge in [0.1, 0.15) is 5.01 Å². The number of aryl methyl sites for hydroxylation is 1. The molecule has 1 heterocycles. The number of hydrogen-bond donors (Lipinski definition) is 1. The molecule has 0 aliphatic rings. The van der Waals surface area contributed by atoms with Gasteiger partial charge in [0.2, 0.25) is 5.95 Å². The Kier molecular flexibility index (Phi) is 4.24. The Bertz CT molecular complexity index is 406. The molecule has 0 saturated carbocycles. The fourth-order valence-electron chi connectivity index (χ4n) is 1.05. The van der Waals surface area contributed by atoms with Crippen LogP contribution in [0, 0.1) is 6.92 Å². The summed E-state index contributed by atoms with van der Waals surface area (Å²) in [6, 6.07) is 8.14. The SMILES string of the molecule is CC.Cc1ccc(-c2nc(N)ns2)cc1. The minimum atomic E-state index is 0.348. The van der Waals surface area contributed by atoms with Gasteiger partial charge in [0.15, 0.2) is 0 Å². The quantitative estimate of drug-likeness (QED) is 0.805. The number of nitrogens with zero attached hydrogens (tertiary/aromatic N) is 2. The lowest BCUT2D eigenvalue weighted by molar-refractivity contribution is 1.34. The van der Waals surface area contributed by atoms with Gasteiger partial charge in [-0.3, -0.25) is 0 Å². The first-order chi connectivity index (χ1) is 7.25. The lowest BCUT2D eigenvalue weighted by Crippen LogP contribution is -1.85. The van der Waals surface area contributed by atoms with E-state index in [4.69, 9.17) is 5.73 Å². The van der Waals surface area contributed by atoms with Crippen molar-refractivity contribution in [3.8, 4) is 10.6 Å². The van der Waals surface area contributed by atoms with E-state index >= 15 is 0 Å². The molecule has 0 aliphatic heterocycles. The highest BCUT2D eigenvalue weighted by molar-refractivity contribution is 7.09. The second kappa shape index (κ2) is 5.46. The normalized spacial score (nSPS) is 9.27. The van der Waals surface area contributed by atoms with Gasteiger partial charge in [-0.1, -0.05) is 43.7 Å². The van der Waals surface area contributed by atoms with Crippen molar-refractivity contribution >= 4 is 17.5 Å². The molecule has 0 amide bonds. The molecule has 0 unspecified atom stereocenters. The molecule has 80 valence electrons.